The van der Waals surface area contributed by atoms with Crippen LogP contribution in [0.4, 0.5) is 4.39 Å². The lowest BCUT2D eigenvalue weighted by Crippen LogP contribution is -2.08. The van der Waals surface area contributed by atoms with E-state index in [9.17, 15) is 4.39 Å². The van der Waals surface area contributed by atoms with Crippen molar-refractivity contribution in [3.8, 4) is 11.8 Å². The second-order valence-electron chi connectivity index (χ2n) is 4.41. The van der Waals surface area contributed by atoms with Gasteiger partial charge in [-0.25, -0.2) is 4.39 Å². The van der Waals surface area contributed by atoms with Crippen molar-refractivity contribution >= 4 is 11.8 Å². The van der Waals surface area contributed by atoms with Gasteiger partial charge in [0.1, 0.15) is 12.4 Å². The van der Waals surface area contributed by atoms with Gasteiger partial charge in [-0.05, 0) is 30.5 Å². The van der Waals surface area contributed by atoms with Crippen molar-refractivity contribution in [3.05, 3.63) is 35.1 Å². The van der Waals surface area contributed by atoms with Crippen LogP contribution in [0.2, 0.25) is 0 Å². The summed E-state index contributed by atoms with van der Waals surface area (Å²) in [5, 5.41) is 8.72. The minimum Gasteiger partial charge on any atom is -0.384 e. The van der Waals surface area contributed by atoms with Gasteiger partial charge in [0.25, 0.3) is 0 Å². The van der Waals surface area contributed by atoms with Crippen LogP contribution >= 0.6 is 11.8 Å². The molecule has 1 aromatic rings. The number of rotatable bonds is 4. The Balaban J connectivity index is 1.94. The van der Waals surface area contributed by atoms with Gasteiger partial charge in [-0.2, -0.15) is 11.8 Å². The van der Waals surface area contributed by atoms with Gasteiger partial charge in [0.2, 0.25) is 0 Å². The summed E-state index contributed by atoms with van der Waals surface area (Å²) in [5.74, 6) is 6.82. The molecule has 2 rings (SSSR count). The molecule has 0 spiro atoms. The third-order valence-corrected chi connectivity index (χ3v) is 4.08. The molecule has 102 valence electrons. The van der Waals surface area contributed by atoms with E-state index in [2.05, 4.69) is 11.8 Å². The van der Waals surface area contributed by atoms with E-state index >= 15 is 0 Å². The largest absolute Gasteiger partial charge is 0.384 e. The molecular weight excluding hydrogens is 263 g/mol. The minimum absolute atomic E-state index is 0.209. The van der Waals surface area contributed by atoms with Crippen LogP contribution in [0.1, 0.15) is 24.0 Å². The Kier molecular flexibility index (Phi) is 5.71. The van der Waals surface area contributed by atoms with Crippen molar-refractivity contribution in [2.45, 2.75) is 24.7 Å². The number of hydrogen-bond donors (Lipinski definition) is 1. The molecule has 1 saturated heterocycles. The molecule has 1 aromatic carbocycles. The van der Waals surface area contributed by atoms with Crippen LogP contribution in [0.25, 0.3) is 0 Å². The number of hydrogen-bond acceptors (Lipinski definition) is 3. The van der Waals surface area contributed by atoms with Crippen molar-refractivity contribution < 1.29 is 14.2 Å². The van der Waals surface area contributed by atoms with E-state index in [0.29, 0.717) is 11.7 Å². The molecular formula is C15H17FO2S. The average Bonchev–Trinajstić information content (AvgIpc) is 2.91. The standard InChI is InChI=1S/C15H17FO2S/c16-14-6-5-13(12(9-14)3-1-7-17)10-19-11-15-4-2-8-18-15/h5-6,9,15,17H,2,4,7-8,10-11H2. The molecule has 0 saturated carbocycles. The van der Waals surface area contributed by atoms with Gasteiger partial charge in [0.05, 0.1) is 6.10 Å². The normalized spacial score (nSPS) is 18.1. The van der Waals surface area contributed by atoms with Crippen LogP contribution in [0.5, 0.6) is 0 Å². The summed E-state index contributed by atoms with van der Waals surface area (Å²) < 4.78 is 18.7. The molecule has 1 aliphatic heterocycles. The lowest BCUT2D eigenvalue weighted by Gasteiger charge is -2.09. The molecule has 1 heterocycles. The van der Waals surface area contributed by atoms with Crippen molar-refractivity contribution in [2.24, 2.45) is 0 Å². The Bertz CT molecular complexity index is 473. The molecule has 1 unspecified atom stereocenters. The first-order valence-electron chi connectivity index (χ1n) is 6.37. The maximum absolute atomic E-state index is 13.2. The van der Waals surface area contributed by atoms with E-state index in [1.807, 2.05) is 0 Å². The molecule has 0 bridgehead atoms. The molecule has 1 fully saturated rings. The molecule has 19 heavy (non-hydrogen) atoms. The van der Waals surface area contributed by atoms with Crippen LogP contribution in [0.3, 0.4) is 0 Å². The predicted octanol–water partition coefficient (Wildman–Crippen LogP) is 2.58. The zero-order chi connectivity index (χ0) is 13.5. The second-order valence-corrected chi connectivity index (χ2v) is 5.44. The van der Waals surface area contributed by atoms with Crippen molar-refractivity contribution in [1.29, 1.82) is 0 Å². The summed E-state index contributed by atoms with van der Waals surface area (Å²) in [6, 6.07) is 4.63. The summed E-state index contributed by atoms with van der Waals surface area (Å²) in [4.78, 5) is 0. The van der Waals surface area contributed by atoms with E-state index in [-0.39, 0.29) is 12.4 Å². The highest BCUT2D eigenvalue weighted by atomic mass is 32.2. The monoisotopic (exact) mass is 280 g/mol. The third kappa shape index (κ3) is 4.54. The predicted molar refractivity (Wildman–Crippen MR) is 75.5 cm³/mol. The fourth-order valence-corrected chi connectivity index (χ4v) is 3.12. The highest BCUT2D eigenvalue weighted by Crippen LogP contribution is 2.22. The van der Waals surface area contributed by atoms with Gasteiger partial charge in [-0.3, -0.25) is 0 Å². The first kappa shape index (κ1) is 14.4. The molecule has 0 aliphatic carbocycles. The third-order valence-electron chi connectivity index (χ3n) is 2.96. The van der Waals surface area contributed by atoms with Crippen LogP contribution < -0.4 is 0 Å². The Labute approximate surface area is 117 Å². The fraction of sp³-hybridized carbons (Fsp3) is 0.467. The first-order chi connectivity index (χ1) is 9.29. The average molecular weight is 280 g/mol. The smallest absolute Gasteiger partial charge is 0.124 e. The highest BCUT2D eigenvalue weighted by molar-refractivity contribution is 7.98. The second kappa shape index (κ2) is 7.54. The van der Waals surface area contributed by atoms with Crippen LogP contribution in [0, 0.1) is 17.7 Å². The van der Waals surface area contributed by atoms with Crippen molar-refractivity contribution in [3.63, 3.8) is 0 Å². The minimum atomic E-state index is -0.296. The van der Waals surface area contributed by atoms with E-state index < -0.39 is 0 Å². The topological polar surface area (TPSA) is 29.5 Å². The number of thioether (sulfide) groups is 1. The number of ether oxygens (including phenoxy) is 1. The summed E-state index contributed by atoms with van der Waals surface area (Å²) in [6.45, 7) is 0.661. The Morgan fingerprint density at radius 3 is 3.11 bits per heavy atom. The van der Waals surface area contributed by atoms with Crippen LogP contribution in [0.15, 0.2) is 18.2 Å². The van der Waals surface area contributed by atoms with Gasteiger partial charge in [0.15, 0.2) is 0 Å². The molecule has 2 nitrogen and oxygen atoms in total. The van der Waals surface area contributed by atoms with E-state index in [1.165, 1.54) is 12.1 Å². The number of aliphatic hydroxyl groups excluding tert-OH is 1. The molecule has 0 amide bonds. The van der Waals surface area contributed by atoms with Gasteiger partial charge in [0, 0.05) is 23.7 Å². The molecule has 0 aromatic heterocycles. The van der Waals surface area contributed by atoms with Gasteiger partial charge in [-0.1, -0.05) is 17.9 Å². The Morgan fingerprint density at radius 2 is 2.37 bits per heavy atom. The number of halogens is 1. The van der Waals surface area contributed by atoms with E-state index in [4.69, 9.17) is 9.84 Å². The fourth-order valence-electron chi connectivity index (χ4n) is 2.00. The van der Waals surface area contributed by atoms with Crippen molar-refractivity contribution in [1.82, 2.24) is 0 Å². The number of aliphatic hydroxyl groups is 1. The van der Waals surface area contributed by atoms with E-state index in [0.717, 1.165) is 36.5 Å². The van der Waals surface area contributed by atoms with Gasteiger partial charge < -0.3 is 9.84 Å². The summed E-state index contributed by atoms with van der Waals surface area (Å²) in [5.41, 5.74) is 1.67. The molecule has 1 aliphatic rings. The maximum Gasteiger partial charge on any atom is 0.124 e. The summed E-state index contributed by atoms with van der Waals surface area (Å²) in [6.07, 6.45) is 2.64. The van der Waals surface area contributed by atoms with Gasteiger partial charge >= 0.3 is 0 Å². The Morgan fingerprint density at radius 1 is 1.47 bits per heavy atom. The van der Waals surface area contributed by atoms with Gasteiger partial charge in [-0.15, -0.1) is 0 Å². The molecule has 4 heteroatoms. The Hall–Kier alpha value is -1.02. The van der Waals surface area contributed by atoms with E-state index in [1.54, 1.807) is 17.8 Å². The van der Waals surface area contributed by atoms with Crippen LogP contribution in [-0.2, 0) is 10.5 Å². The van der Waals surface area contributed by atoms with Crippen LogP contribution in [-0.4, -0.2) is 30.2 Å². The molecule has 1 N–H and O–H groups in total. The summed E-state index contributed by atoms with van der Waals surface area (Å²) >= 11 is 1.78. The molecule has 0 radical (unpaired) electrons. The lowest BCUT2D eigenvalue weighted by atomic mass is 10.1. The first-order valence-corrected chi connectivity index (χ1v) is 7.52. The highest BCUT2D eigenvalue weighted by Gasteiger charge is 2.15. The zero-order valence-electron chi connectivity index (χ0n) is 10.7. The maximum atomic E-state index is 13.2. The lowest BCUT2D eigenvalue weighted by molar-refractivity contribution is 0.129. The van der Waals surface area contributed by atoms with Crippen molar-refractivity contribution in [2.75, 3.05) is 19.0 Å². The molecule has 1 atom stereocenters. The summed E-state index contributed by atoms with van der Waals surface area (Å²) in [7, 11) is 0. The SMILES string of the molecule is OCC#Cc1cc(F)ccc1CSCC1CCCO1. The zero-order valence-corrected chi connectivity index (χ0v) is 11.5. The quantitative estimate of drug-likeness (QED) is 0.860. The number of benzene rings is 1.